The Morgan fingerprint density at radius 1 is 1.42 bits per heavy atom. The zero-order chi connectivity index (χ0) is 9.19. The van der Waals surface area contributed by atoms with Gasteiger partial charge in [0.25, 0.3) is 0 Å². The molecule has 2 atom stereocenters. The normalized spacial score (nSPS) is 32.0. The zero-order valence-electron chi connectivity index (χ0n) is 6.82. The van der Waals surface area contributed by atoms with E-state index in [-0.39, 0.29) is 12.6 Å². The molecule has 1 N–H and O–H groups in total. The summed E-state index contributed by atoms with van der Waals surface area (Å²) in [7, 11) is 0. The molecular formula is C7H12F3NO. The summed E-state index contributed by atoms with van der Waals surface area (Å²) in [5.41, 5.74) is 0. The molecule has 0 aromatic rings. The van der Waals surface area contributed by atoms with Crippen LogP contribution in [-0.2, 0) is 4.74 Å². The van der Waals surface area contributed by atoms with Gasteiger partial charge in [-0.15, -0.1) is 0 Å². The van der Waals surface area contributed by atoms with E-state index >= 15 is 0 Å². The minimum atomic E-state index is -4.24. The lowest BCUT2D eigenvalue weighted by atomic mass is 10.2. The minimum Gasteiger partial charge on any atom is -0.363 e. The highest BCUT2D eigenvalue weighted by atomic mass is 19.4. The standard InChI is InChI=1S/C7H12F3NO/c1-2-5-3-11-4-6(12-5)7(8,9)10/h5-6,11H,2-4H2,1H3/t5-,6+/m1/s1. The monoisotopic (exact) mass is 183 g/mol. The molecule has 12 heavy (non-hydrogen) atoms. The maximum Gasteiger partial charge on any atom is 0.415 e. The summed E-state index contributed by atoms with van der Waals surface area (Å²) in [5.74, 6) is 0. The van der Waals surface area contributed by atoms with E-state index in [2.05, 4.69) is 5.32 Å². The van der Waals surface area contributed by atoms with Gasteiger partial charge in [-0.3, -0.25) is 0 Å². The van der Waals surface area contributed by atoms with Crippen LogP contribution in [0.15, 0.2) is 0 Å². The van der Waals surface area contributed by atoms with E-state index in [4.69, 9.17) is 4.74 Å². The summed E-state index contributed by atoms with van der Waals surface area (Å²) in [6.07, 6.45) is -5.55. The van der Waals surface area contributed by atoms with Gasteiger partial charge in [-0.1, -0.05) is 6.92 Å². The summed E-state index contributed by atoms with van der Waals surface area (Å²) in [4.78, 5) is 0. The van der Waals surface area contributed by atoms with Crippen LogP contribution in [0.5, 0.6) is 0 Å². The first-order chi connectivity index (χ1) is 5.54. The van der Waals surface area contributed by atoms with Crippen molar-refractivity contribution in [3.05, 3.63) is 0 Å². The van der Waals surface area contributed by atoms with Gasteiger partial charge >= 0.3 is 6.18 Å². The molecule has 5 heteroatoms. The first kappa shape index (κ1) is 9.80. The Bertz CT molecular complexity index is 148. The summed E-state index contributed by atoms with van der Waals surface area (Å²) in [6.45, 7) is 2.20. The molecule has 1 heterocycles. The lowest BCUT2D eigenvalue weighted by molar-refractivity contribution is -0.239. The number of alkyl halides is 3. The van der Waals surface area contributed by atoms with Gasteiger partial charge in [-0.2, -0.15) is 13.2 Å². The average Bonchev–Trinajstić information content (AvgIpc) is 2.03. The third-order valence-electron chi connectivity index (χ3n) is 1.88. The van der Waals surface area contributed by atoms with Gasteiger partial charge in [0, 0.05) is 13.1 Å². The highest BCUT2D eigenvalue weighted by Gasteiger charge is 2.43. The highest BCUT2D eigenvalue weighted by Crippen LogP contribution is 2.25. The second kappa shape index (κ2) is 3.62. The molecule has 1 aliphatic rings. The molecule has 0 aromatic carbocycles. The molecule has 0 radical (unpaired) electrons. The van der Waals surface area contributed by atoms with Gasteiger partial charge < -0.3 is 10.1 Å². The predicted octanol–water partition coefficient (Wildman–Crippen LogP) is 1.32. The first-order valence-electron chi connectivity index (χ1n) is 3.97. The molecule has 1 saturated heterocycles. The Morgan fingerprint density at radius 2 is 2.08 bits per heavy atom. The first-order valence-corrected chi connectivity index (χ1v) is 3.97. The highest BCUT2D eigenvalue weighted by molar-refractivity contribution is 4.78. The number of nitrogens with one attached hydrogen (secondary N) is 1. The molecule has 1 fully saturated rings. The maximum absolute atomic E-state index is 12.1. The van der Waals surface area contributed by atoms with Crippen molar-refractivity contribution in [2.75, 3.05) is 13.1 Å². The van der Waals surface area contributed by atoms with E-state index in [9.17, 15) is 13.2 Å². The molecule has 0 aliphatic carbocycles. The number of halogens is 3. The number of hydrogen-bond donors (Lipinski definition) is 1. The molecule has 0 amide bonds. The minimum absolute atomic E-state index is 0.125. The third kappa shape index (κ3) is 2.35. The van der Waals surface area contributed by atoms with E-state index in [1.165, 1.54) is 0 Å². The zero-order valence-corrected chi connectivity index (χ0v) is 6.82. The van der Waals surface area contributed by atoms with Crippen molar-refractivity contribution in [3.8, 4) is 0 Å². The van der Waals surface area contributed by atoms with Crippen molar-refractivity contribution in [2.45, 2.75) is 31.7 Å². The maximum atomic E-state index is 12.1. The van der Waals surface area contributed by atoms with Crippen molar-refractivity contribution < 1.29 is 17.9 Å². The molecule has 2 nitrogen and oxygen atoms in total. The van der Waals surface area contributed by atoms with Crippen LogP contribution >= 0.6 is 0 Å². The van der Waals surface area contributed by atoms with Crippen LogP contribution in [0.2, 0.25) is 0 Å². The van der Waals surface area contributed by atoms with E-state index < -0.39 is 12.3 Å². The van der Waals surface area contributed by atoms with Crippen molar-refractivity contribution in [2.24, 2.45) is 0 Å². The van der Waals surface area contributed by atoms with Crippen molar-refractivity contribution >= 4 is 0 Å². The lowest BCUT2D eigenvalue weighted by Gasteiger charge is -2.31. The molecule has 0 bridgehead atoms. The van der Waals surface area contributed by atoms with Gasteiger partial charge in [0.15, 0.2) is 6.10 Å². The molecule has 1 rings (SSSR count). The Labute approximate surface area is 69.1 Å². The van der Waals surface area contributed by atoms with Crippen LogP contribution in [-0.4, -0.2) is 31.5 Å². The van der Waals surface area contributed by atoms with Crippen LogP contribution in [0.1, 0.15) is 13.3 Å². The number of rotatable bonds is 1. The van der Waals surface area contributed by atoms with Gasteiger partial charge in [-0.25, -0.2) is 0 Å². The predicted molar refractivity (Wildman–Crippen MR) is 37.9 cm³/mol. The van der Waals surface area contributed by atoms with Gasteiger partial charge in [0.05, 0.1) is 6.10 Å². The summed E-state index contributed by atoms with van der Waals surface area (Å²) in [5, 5.41) is 2.70. The van der Waals surface area contributed by atoms with Gasteiger partial charge in [0.1, 0.15) is 0 Å². The second-order valence-corrected chi connectivity index (χ2v) is 2.85. The lowest BCUT2D eigenvalue weighted by Crippen LogP contribution is -2.50. The molecule has 0 aromatic heterocycles. The van der Waals surface area contributed by atoms with Crippen LogP contribution < -0.4 is 5.32 Å². The van der Waals surface area contributed by atoms with Crippen LogP contribution in [0.25, 0.3) is 0 Å². The Balaban J connectivity index is 2.46. The van der Waals surface area contributed by atoms with Crippen LogP contribution in [0.4, 0.5) is 13.2 Å². The number of morpholine rings is 1. The van der Waals surface area contributed by atoms with Crippen molar-refractivity contribution in [3.63, 3.8) is 0 Å². The fraction of sp³-hybridized carbons (Fsp3) is 1.00. The molecule has 0 unspecified atom stereocenters. The molecular weight excluding hydrogens is 171 g/mol. The summed E-state index contributed by atoms with van der Waals surface area (Å²) in [6, 6.07) is 0. The van der Waals surface area contributed by atoms with E-state index in [1.807, 2.05) is 6.92 Å². The quantitative estimate of drug-likeness (QED) is 0.661. The topological polar surface area (TPSA) is 21.3 Å². The molecule has 0 spiro atoms. The molecule has 1 aliphatic heterocycles. The summed E-state index contributed by atoms with van der Waals surface area (Å²) < 4.78 is 41.1. The summed E-state index contributed by atoms with van der Waals surface area (Å²) >= 11 is 0. The Morgan fingerprint density at radius 3 is 2.58 bits per heavy atom. The fourth-order valence-electron chi connectivity index (χ4n) is 1.14. The molecule has 72 valence electrons. The number of ether oxygens (including phenoxy) is 1. The van der Waals surface area contributed by atoms with Crippen LogP contribution in [0.3, 0.4) is 0 Å². The number of hydrogen-bond acceptors (Lipinski definition) is 2. The third-order valence-corrected chi connectivity index (χ3v) is 1.88. The van der Waals surface area contributed by atoms with Crippen LogP contribution in [0, 0.1) is 0 Å². The van der Waals surface area contributed by atoms with Crippen molar-refractivity contribution in [1.29, 1.82) is 0 Å². The van der Waals surface area contributed by atoms with E-state index in [0.717, 1.165) is 0 Å². The smallest absolute Gasteiger partial charge is 0.363 e. The Hall–Kier alpha value is -0.290. The second-order valence-electron chi connectivity index (χ2n) is 2.85. The van der Waals surface area contributed by atoms with Gasteiger partial charge in [-0.05, 0) is 6.42 Å². The SMILES string of the molecule is CC[C@@H]1CNC[C@@H](C(F)(F)F)O1. The van der Waals surface area contributed by atoms with E-state index in [0.29, 0.717) is 13.0 Å². The Kier molecular flexibility index (Phi) is 2.95. The van der Waals surface area contributed by atoms with E-state index in [1.54, 1.807) is 0 Å². The average molecular weight is 183 g/mol. The molecule has 0 saturated carbocycles. The largest absolute Gasteiger partial charge is 0.415 e. The fourth-order valence-corrected chi connectivity index (χ4v) is 1.14. The van der Waals surface area contributed by atoms with Gasteiger partial charge in [0.2, 0.25) is 0 Å². The van der Waals surface area contributed by atoms with Crippen molar-refractivity contribution in [1.82, 2.24) is 5.32 Å².